The highest BCUT2D eigenvalue weighted by molar-refractivity contribution is 7.92. The van der Waals surface area contributed by atoms with Crippen LogP contribution in [0, 0.1) is 6.92 Å². The molecule has 2 aromatic rings. The average molecular weight is 434 g/mol. The van der Waals surface area contributed by atoms with Gasteiger partial charge < -0.3 is 9.64 Å². The molecule has 30 heavy (non-hydrogen) atoms. The second-order valence-corrected chi connectivity index (χ2v) is 9.36. The zero-order chi connectivity index (χ0) is 22.5. The summed E-state index contributed by atoms with van der Waals surface area (Å²) in [4.78, 5) is 14.8. The van der Waals surface area contributed by atoms with E-state index in [1.165, 1.54) is 0 Å². The molecular weight excluding hydrogens is 402 g/mol. The van der Waals surface area contributed by atoms with Gasteiger partial charge in [0.25, 0.3) is 0 Å². The lowest BCUT2D eigenvalue weighted by molar-refractivity contribution is 0.0472. The van der Waals surface area contributed by atoms with Crippen molar-refractivity contribution in [3.8, 4) is 0 Å². The van der Waals surface area contributed by atoms with Crippen LogP contribution in [0.3, 0.4) is 0 Å². The summed E-state index contributed by atoms with van der Waals surface area (Å²) in [6, 6.07) is 12.7. The van der Waals surface area contributed by atoms with Crippen molar-refractivity contribution in [3.63, 3.8) is 0 Å². The molecule has 2 N–H and O–H groups in total. The third kappa shape index (κ3) is 6.13. The summed E-state index contributed by atoms with van der Waals surface area (Å²) >= 11 is 0. The summed E-state index contributed by atoms with van der Waals surface area (Å²) in [6.07, 6.45) is 0.461. The van der Waals surface area contributed by atoms with Crippen LogP contribution in [0.4, 0.5) is 21.9 Å². The second kappa shape index (κ2) is 9.38. The third-order valence-corrected chi connectivity index (χ3v) is 5.38. The lowest BCUT2D eigenvalue weighted by Crippen LogP contribution is -2.30. The summed E-state index contributed by atoms with van der Waals surface area (Å²) in [5.74, 6) is 0. The summed E-state index contributed by atoms with van der Waals surface area (Å²) in [6.45, 7) is 11.4. The fourth-order valence-corrected chi connectivity index (χ4v) is 3.87. The highest BCUT2D eigenvalue weighted by Gasteiger charge is 2.29. The van der Waals surface area contributed by atoms with E-state index in [9.17, 15) is 13.2 Å². The van der Waals surface area contributed by atoms with Crippen LogP contribution in [-0.2, 0) is 20.4 Å². The molecule has 0 heterocycles. The monoisotopic (exact) mass is 433 g/mol. The molecule has 2 aromatic carbocycles. The van der Waals surface area contributed by atoms with Crippen molar-refractivity contribution in [2.75, 3.05) is 34.3 Å². The van der Waals surface area contributed by atoms with Crippen molar-refractivity contribution in [1.82, 2.24) is 0 Å². The quantitative estimate of drug-likeness (QED) is 0.630. The normalized spacial score (nSPS) is 11.7. The van der Waals surface area contributed by atoms with Gasteiger partial charge in [-0.15, -0.1) is 0 Å². The standard InChI is InChI=1S/C22H31N3O4S/c1-7-25(8-2)17-13-14-19(16(3)15-17)23-21(26)29-22(4,5)18-11-9-10-12-20(18)24-30(6,27)28/h9-15,24H,7-8H2,1-6H3,(H,23,26). The molecule has 164 valence electrons. The van der Waals surface area contributed by atoms with Gasteiger partial charge in [-0.25, -0.2) is 13.2 Å². The SMILES string of the molecule is CCN(CC)c1ccc(NC(=O)OC(C)(C)c2ccccc2NS(C)(=O)=O)c(C)c1. The molecular formula is C22H31N3O4S. The lowest BCUT2D eigenvalue weighted by Gasteiger charge is -2.28. The number of benzene rings is 2. The third-order valence-electron chi connectivity index (χ3n) is 4.79. The first-order chi connectivity index (χ1) is 14.0. The molecule has 0 aromatic heterocycles. The van der Waals surface area contributed by atoms with Crippen LogP contribution in [0.1, 0.15) is 38.8 Å². The largest absolute Gasteiger partial charge is 0.438 e. The Hall–Kier alpha value is -2.74. The number of carbonyl (C=O) groups excluding carboxylic acids is 1. The summed E-state index contributed by atoms with van der Waals surface area (Å²) < 4.78 is 31.5. The number of ether oxygens (including phenoxy) is 1. The van der Waals surface area contributed by atoms with E-state index in [0.717, 1.165) is 30.6 Å². The highest BCUT2D eigenvalue weighted by atomic mass is 32.2. The van der Waals surface area contributed by atoms with E-state index in [0.29, 0.717) is 16.9 Å². The van der Waals surface area contributed by atoms with Gasteiger partial charge >= 0.3 is 6.09 Å². The first-order valence-corrected chi connectivity index (χ1v) is 11.8. The molecule has 0 radical (unpaired) electrons. The predicted octanol–water partition coefficient (Wildman–Crippen LogP) is 4.70. The van der Waals surface area contributed by atoms with Gasteiger partial charge in [0, 0.05) is 30.0 Å². The maximum atomic E-state index is 12.6. The fraction of sp³-hybridized carbons (Fsp3) is 0.409. The van der Waals surface area contributed by atoms with Crippen LogP contribution in [0.25, 0.3) is 0 Å². The minimum Gasteiger partial charge on any atom is -0.438 e. The number of rotatable bonds is 8. The summed E-state index contributed by atoms with van der Waals surface area (Å²) in [5.41, 5.74) is 2.55. The smallest absolute Gasteiger partial charge is 0.412 e. The maximum absolute atomic E-state index is 12.6. The molecule has 0 saturated heterocycles. The predicted molar refractivity (Wildman–Crippen MR) is 123 cm³/mol. The molecule has 0 aliphatic carbocycles. The first-order valence-electron chi connectivity index (χ1n) is 9.89. The number of anilines is 3. The average Bonchev–Trinajstić information content (AvgIpc) is 2.63. The molecule has 0 aliphatic heterocycles. The van der Waals surface area contributed by atoms with E-state index in [4.69, 9.17) is 4.74 Å². The molecule has 0 spiro atoms. The van der Waals surface area contributed by atoms with Crippen LogP contribution < -0.4 is 14.9 Å². The van der Waals surface area contributed by atoms with E-state index in [2.05, 4.69) is 28.8 Å². The maximum Gasteiger partial charge on any atom is 0.412 e. The molecule has 2 rings (SSSR count). The molecule has 0 unspecified atom stereocenters. The van der Waals surface area contributed by atoms with Gasteiger partial charge in [-0.05, 0) is 64.4 Å². The van der Waals surface area contributed by atoms with Gasteiger partial charge in [-0.3, -0.25) is 10.0 Å². The van der Waals surface area contributed by atoms with Crippen molar-refractivity contribution in [2.24, 2.45) is 0 Å². The highest BCUT2D eigenvalue weighted by Crippen LogP contribution is 2.32. The fourth-order valence-electron chi connectivity index (χ4n) is 3.29. The van der Waals surface area contributed by atoms with Gasteiger partial charge in [0.05, 0.1) is 11.9 Å². The van der Waals surface area contributed by atoms with Crippen molar-refractivity contribution in [2.45, 2.75) is 40.2 Å². The van der Waals surface area contributed by atoms with Gasteiger partial charge in [0.15, 0.2) is 0 Å². The van der Waals surface area contributed by atoms with Gasteiger partial charge in [0.2, 0.25) is 10.0 Å². The molecule has 0 atom stereocenters. The summed E-state index contributed by atoms with van der Waals surface area (Å²) in [5, 5.41) is 2.79. The Kier molecular flexibility index (Phi) is 7.36. The Bertz CT molecular complexity index is 999. The number of hydrogen-bond donors (Lipinski definition) is 2. The number of para-hydroxylation sites is 1. The van der Waals surface area contributed by atoms with Crippen molar-refractivity contribution in [1.29, 1.82) is 0 Å². The van der Waals surface area contributed by atoms with E-state index >= 15 is 0 Å². The van der Waals surface area contributed by atoms with Crippen molar-refractivity contribution < 1.29 is 17.9 Å². The van der Waals surface area contributed by atoms with Crippen LogP contribution >= 0.6 is 0 Å². The molecule has 1 amide bonds. The van der Waals surface area contributed by atoms with Crippen molar-refractivity contribution >= 4 is 33.2 Å². The van der Waals surface area contributed by atoms with Gasteiger partial charge in [-0.2, -0.15) is 0 Å². The van der Waals surface area contributed by atoms with Gasteiger partial charge in [0.1, 0.15) is 5.60 Å². The topological polar surface area (TPSA) is 87.7 Å². The number of nitrogens with one attached hydrogen (secondary N) is 2. The Balaban J connectivity index is 2.18. The molecule has 8 heteroatoms. The van der Waals surface area contributed by atoms with Crippen LogP contribution in [0.5, 0.6) is 0 Å². The number of hydrogen-bond acceptors (Lipinski definition) is 5. The van der Waals surface area contributed by atoms with E-state index in [1.807, 2.05) is 25.1 Å². The number of carbonyl (C=O) groups is 1. The number of aryl methyl sites for hydroxylation is 1. The number of nitrogens with zero attached hydrogens (tertiary/aromatic N) is 1. The van der Waals surface area contributed by atoms with E-state index in [-0.39, 0.29) is 0 Å². The second-order valence-electron chi connectivity index (χ2n) is 7.62. The van der Waals surface area contributed by atoms with E-state index < -0.39 is 21.7 Å². The Morgan fingerprint density at radius 1 is 1.07 bits per heavy atom. The Morgan fingerprint density at radius 3 is 2.27 bits per heavy atom. The zero-order valence-electron chi connectivity index (χ0n) is 18.4. The molecule has 0 saturated carbocycles. The molecule has 0 bridgehead atoms. The van der Waals surface area contributed by atoms with Gasteiger partial charge in [-0.1, -0.05) is 18.2 Å². The van der Waals surface area contributed by atoms with E-state index in [1.54, 1.807) is 38.1 Å². The molecule has 0 aliphatic rings. The van der Waals surface area contributed by atoms with Crippen LogP contribution in [0.2, 0.25) is 0 Å². The van der Waals surface area contributed by atoms with Crippen LogP contribution in [0.15, 0.2) is 42.5 Å². The first kappa shape index (κ1) is 23.5. The van der Waals surface area contributed by atoms with Crippen molar-refractivity contribution in [3.05, 3.63) is 53.6 Å². The summed E-state index contributed by atoms with van der Waals surface area (Å²) in [7, 11) is -3.47. The molecule has 7 nitrogen and oxygen atoms in total. The Morgan fingerprint density at radius 2 is 1.70 bits per heavy atom. The minimum atomic E-state index is -3.47. The van der Waals surface area contributed by atoms with Crippen LogP contribution in [-0.4, -0.2) is 33.9 Å². The number of amides is 1. The lowest BCUT2D eigenvalue weighted by atomic mass is 9.96. The zero-order valence-corrected chi connectivity index (χ0v) is 19.3. The Labute approximate surface area is 179 Å². The number of sulfonamides is 1. The molecule has 0 fully saturated rings. The minimum absolute atomic E-state index is 0.373.